The number of hydrazine groups is 1. The summed E-state index contributed by atoms with van der Waals surface area (Å²) in [4.78, 5) is 23.6. The number of phenolic OH excluding ortho intramolecular Hbond substituents is 1. The number of amides is 2. The summed E-state index contributed by atoms with van der Waals surface area (Å²) in [6.07, 6.45) is -0.762. The minimum absolute atomic E-state index is 0.0606. The van der Waals surface area contributed by atoms with Crippen LogP contribution in [0.5, 0.6) is 11.5 Å². The molecule has 0 aliphatic carbocycles. The zero-order valence-electron chi connectivity index (χ0n) is 11.9. The van der Waals surface area contributed by atoms with Crippen molar-refractivity contribution in [1.82, 2.24) is 10.9 Å². The molecular weight excluding hydrogens is 284 g/mol. The van der Waals surface area contributed by atoms with E-state index in [4.69, 9.17) is 9.84 Å². The smallest absolute Gasteiger partial charge is 0.279 e. The number of hydrogen-bond donors (Lipinski definition) is 3. The number of aromatic hydroxyl groups is 1. The number of ether oxygens (including phenoxy) is 1. The average Bonchev–Trinajstić information content (AvgIpc) is 2.53. The molecule has 0 radical (unpaired) electrons. The molecule has 2 amide bonds. The lowest BCUT2D eigenvalue weighted by Gasteiger charge is -2.15. The first-order chi connectivity index (χ1) is 10.6. The van der Waals surface area contributed by atoms with Gasteiger partial charge in [-0.15, -0.1) is 0 Å². The standard InChI is InChI=1S/C16H16N2O4/c1-11(22-14-5-3-2-4-6-14)15(20)17-18-16(21)12-7-9-13(19)10-8-12/h2-11,19H,1H3,(H,17,20)(H,18,21)/t11-/m0/s1. The molecule has 6 nitrogen and oxygen atoms in total. The molecule has 0 aliphatic rings. The molecule has 1 atom stereocenters. The van der Waals surface area contributed by atoms with Crippen LogP contribution >= 0.6 is 0 Å². The third kappa shape index (κ3) is 4.24. The fourth-order valence-electron chi connectivity index (χ4n) is 1.66. The Morgan fingerprint density at radius 1 is 1.00 bits per heavy atom. The Hall–Kier alpha value is -3.02. The SMILES string of the molecule is C[C@H](Oc1ccccc1)C(=O)NNC(=O)c1ccc(O)cc1. The summed E-state index contributed by atoms with van der Waals surface area (Å²) in [5, 5.41) is 9.15. The molecule has 114 valence electrons. The fraction of sp³-hybridized carbons (Fsp3) is 0.125. The Bertz CT molecular complexity index is 641. The fourth-order valence-corrected chi connectivity index (χ4v) is 1.66. The van der Waals surface area contributed by atoms with E-state index in [0.29, 0.717) is 11.3 Å². The van der Waals surface area contributed by atoms with Crippen LogP contribution in [0.25, 0.3) is 0 Å². The lowest BCUT2D eigenvalue weighted by Crippen LogP contribution is -2.47. The predicted molar refractivity (Wildman–Crippen MR) is 80.2 cm³/mol. The highest BCUT2D eigenvalue weighted by atomic mass is 16.5. The molecule has 0 fully saturated rings. The first kappa shape index (κ1) is 15.4. The van der Waals surface area contributed by atoms with Gasteiger partial charge in [0.25, 0.3) is 11.8 Å². The van der Waals surface area contributed by atoms with Gasteiger partial charge in [-0.3, -0.25) is 20.4 Å². The second kappa shape index (κ2) is 7.12. The van der Waals surface area contributed by atoms with Crippen molar-refractivity contribution in [2.75, 3.05) is 0 Å². The molecule has 0 spiro atoms. The van der Waals surface area contributed by atoms with Crippen molar-refractivity contribution in [3.8, 4) is 11.5 Å². The molecule has 0 unspecified atom stereocenters. The number of carbonyl (C=O) groups is 2. The van der Waals surface area contributed by atoms with Crippen LogP contribution in [-0.4, -0.2) is 23.0 Å². The summed E-state index contributed by atoms with van der Waals surface area (Å²) < 4.78 is 5.43. The molecule has 0 heterocycles. The summed E-state index contributed by atoms with van der Waals surface area (Å²) in [7, 11) is 0. The molecule has 0 bridgehead atoms. The van der Waals surface area contributed by atoms with Crippen molar-refractivity contribution >= 4 is 11.8 Å². The van der Waals surface area contributed by atoms with Gasteiger partial charge < -0.3 is 9.84 Å². The van der Waals surface area contributed by atoms with Crippen LogP contribution in [-0.2, 0) is 4.79 Å². The van der Waals surface area contributed by atoms with E-state index < -0.39 is 17.9 Å². The van der Waals surface area contributed by atoms with Gasteiger partial charge in [-0.2, -0.15) is 0 Å². The third-order valence-electron chi connectivity index (χ3n) is 2.85. The van der Waals surface area contributed by atoms with Crippen molar-refractivity contribution in [2.24, 2.45) is 0 Å². The maximum absolute atomic E-state index is 11.8. The van der Waals surface area contributed by atoms with Crippen LogP contribution < -0.4 is 15.6 Å². The number of para-hydroxylation sites is 1. The van der Waals surface area contributed by atoms with E-state index >= 15 is 0 Å². The van der Waals surface area contributed by atoms with E-state index in [9.17, 15) is 9.59 Å². The van der Waals surface area contributed by atoms with Gasteiger partial charge in [0.15, 0.2) is 6.10 Å². The van der Waals surface area contributed by atoms with Gasteiger partial charge in [0, 0.05) is 5.56 Å². The molecule has 2 rings (SSSR count). The minimum atomic E-state index is -0.762. The molecule has 0 saturated heterocycles. The quantitative estimate of drug-likeness (QED) is 0.749. The van der Waals surface area contributed by atoms with Crippen molar-refractivity contribution < 1.29 is 19.4 Å². The molecule has 6 heteroatoms. The molecule has 2 aromatic rings. The highest BCUT2D eigenvalue weighted by Crippen LogP contribution is 2.11. The van der Waals surface area contributed by atoms with Crippen LogP contribution in [0.2, 0.25) is 0 Å². The highest BCUT2D eigenvalue weighted by Gasteiger charge is 2.15. The molecule has 2 aromatic carbocycles. The van der Waals surface area contributed by atoms with Gasteiger partial charge in [0.1, 0.15) is 11.5 Å². The van der Waals surface area contributed by atoms with E-state index in [1.165, 1.54) is 24.3 Å². The van der Waals surface area contributed by atoms with Crippen LogP contribution in [0.1, 0.15) is 17.3 Å². The van der Waals surface area contributed by atoms with Crippen LogP contribution in [0.4, 0.5) is 0 Å². The predicted octanol–water partition coefficient (Wildman–Crippen LogP) is 1.62. The summed E-state index contributed by atoms with van der Waals surface area (Å²) >= 11 is 0. The van der Waals surface area contributed by atoms with Crippen molar-refractivity contribution in [3.05, 3.63) is 60.2 Å². The average molecular weight is 300 g/mol. The molecular formula is C16H16N2O4. The lowest BCUT2D eigenvalue weighted by atomic mass is 10.2. The Kier molecular flexibility index (Phi) is 4.98. The largest absolute Gasteiger partial charge is 0.508 e. The summed E-state index contributed by atoms with van der Waals surface area (Å²) in [6.45, 7) is 1.58. The van der Waals surface area contributed by atoms with Crippen LogP contribution in [0.3, 0.4) is 0 Å². The first-order valence-corrected chi connectivity index (χ1v) is 6.67. The Labute approximate surface area is 127 Å². The maximum Gasteiger partial charge on any atom is 0.279 e. The Morgan fingerprint density at radius 2 is 1.64 bits per heavy atom. The number of carbonyl (C=O) groups excluding carboxylic acids is 2. The topological polar surface area (TPSA) is 87.7 Å². The van der Waals surface area contributed by atoms with E-state index in [1.54, 1.807) is 31.2 Å². The summed E-state index contributed by atoms with van der Waals surface area (Å²) in [5.74, 6) is -0.336. The zero-order valence-corrected chi connectivity index (χ0v) is 11.9. The Balaban J connectivity index is 1.84. The van der Waals surface area contributed by atoms with E-state index in [1.807, 2.05) is 6.07 Å². The van der Waals surface area contributed by atoms with Crippen molar-refractivity contribution in [2.45, 2.75) is 13.0 Å². The van der Waals surface area contributed by atoms with Gasteiger partial charge >= 0.3 is 0 Å². The maximum atomic E-state index is 11.8. The van der Waals surface area contributed by atoms with Gasteiger partial charge in [0.2, 0.25) is 0 Å². The van der Waals surface area contributed by atoms with Crippen LogP contribution in [0, 0.1) is 0 Å². The molecule has 0 aliphatic heterocycles. The number of hydrogen-bond acceptors (Lipinski definition) is 4. The number of phenols is 1. The summed E-state index contributed by atoms with van der Waals surface area (Å²) in [6, 6.07) is 14.6. The number of benzene rings is 2. The van der Waals surface area contributed by atoms with Gasteiger partial charge in [-0.05, 0) is 43.3 Å². The molecule has 3 N–H and O–H groups in total. The molecule has 0 aromatic heterocycles. The first-order valence-electron chi connectivity index (χ1n) is 6.67. The van der Waals surface area contributed by atoms with E-state index in [-0.39, 0.29) is 5.75 Å². The second-order valence-electron chi connectivity index (χ2n) is 4.56. The number of rotatable bonds is 4. The van der Waals surface area contributed by atoms with Crippen molar-refractivity contribution in [1.29, 1.82) is 0 Å². The van der Waals surface area contributed by atoms with E-state index in [2.05, 4.69) is 10.9 Å². The molecule has 0 saturated carbocycles. The second-order valence-corrected chi connectivity index (χ2v) is 4.56. The number of nitrogens with one attached hydrogen (secondary N) is 2. The lowest BCUT2D eigenvalue weighted by molar-refractivity contribution is -0.128. The monoisotopic (exact) mass is 300 g/mol. The van der Waals surface area contributed by atoms with Gasteiger partial charge in [-0.25, -0.2) is 0 Å². The van der Waals surface area contributed by atoms with Gasteiger partial charge in [0.05, 0.1) is 0 Å². The highest BCUT2D eigenvalue weighted by molar-refractivity contribution is 5.95. The Morgan fingerprint density at radius 3 is 2.27 bits per heavy atom. The zero-order chi connectivity index (χ0) is 15.9. The normalized spacial score (nSPS) is 11.3. The van der Waals surface area contributed by atoms with E-state index in [0.717, 1.165) is 0 Å². The molecule has 22 heavy (non-hydrogen) atoms. The van der Waals surface area contributed by atoms with Gasteiger partial charge in [-0.1, -0.05) is 18.2 Å². The minimum Gasteiger partial charge on any atom is -0.508 e. The van der Waals surface area contributed by atoms with Crippen molar-refractivity contribution in [3.63, 3.8) is 0 Å². The summed E-state index contributed by atoms with van der Waals surface area (Å²) in [5.41, 5.74) is 4.89. The van der Waals surface area contributed by atoms with Crippen LogP contribution in [0.15, 0.2) is 54.6 Å². The third-order valence-corrected chi connectivity index (χ3v) is 2.85.